The van der Waals surface area contributed by atoms with Gasteiger partial charge >= 0.3 is 0 Å². The first-order valence-corrected chi connectivity index (χ1v) is 5.30. The van der Waals surface area contributed by atoms with Crippen molar-refractivity contribution in [1.82, 2.24) is 0 Å². The average molecular weight is 250 g/mol. The zero-order chi connectivity index (χ0) is 13.0. The van der Waals surface area contributed by atoms with Crippen molar-refractivity contribution in [2.75, 3.05) is 20.3 Å². The number of methoxy groups -OCH3 is 1. The van der Waals surface area contributed by atoms with Crippen LogP contribution in [0.2, 0.25) is 0 Å². The third kappa shape index (κ3) is 2.62. The maximum Gasteiger partial charge on any atom is 0.211 e. The zero-order valence-electron chi connectivity index (χ0n) is 9.92. The summed E-state index contributed by atoms with van der Waals surface area (Å²) in [7, 11) is 1.56. The highest BCUT2D eigenvalue weighted by atomic mass is 16.6. The van der Waals surface area contributed by atoms with Crippen molar-refractivity contribution in [1.29, 1.82) is 0 Å². The van der Waals surface area contributed by atoms with Crippen LogP contribution in [0.1, 0.15) is 5.56 Å². The van der Waals surface area contributed by atoms with E-state index in [0.29, 0.717) is 30.5 Å². The Morgan fingerprint density at radius 1 is 1.33 bits per heavy atom. The molecule has 1 aliphatic rings. The summed E-state index contributed by atoms with van der Waals surface area (Å²) in [6, 6.07) is 3.54. The molecule has 0 aliphatic carbocycles. The summed E-state index contributed by atoms with van der Waals surface area (Å²) in [5.41, 5.74) is 11.1. The standard InChI is InChI=1S/C11H14N4O3/c1-16-8-4-7(6-14-15-11(12)13)5-9-10(8)18-3-2-17-9/h4-6H,2-3H2,1H3,(H4,12,13,15). The number of rotatable bonds is 3. The number of hydrogen-bond acceptors (Lipinski definition) is 5. The van der Waals surface area contributed by atoms with Gasteiger partial charge in [0.1, 0.15) is 13.2 Å². The minimum absolute atomic E-state index is 0.101. The van der Waals surface area contributed by atoms with Crippen LogP contribution in [0.15, 0.2) is 22.3 Å². The van der Waals surface area contributed by atoms with Crippen molar-refractivity contribution in [2.45, 2.75) is 0 Å². The summed E-state index contributed by atoms with van der Waals surface area (Å²) in [5, 5.41) is 7.24. The highest BCUT2D eigenvalue weighted by molar-refractivity contribution is 5.83. The minimum Gasteiger partial charge on any atom is -0.493 e. The second-order valence-corrected chi connectivity index (χ2v) is 3.52. The molecule has 0 atom stereocenters. The molecular formula is C11H14N4O3. The molecule has 2 rings (SSSR count). The topological polar surface area (TPSA) is 104 Å². The van der Waals surface area contributed by atoms with Gasteiger partial charge in [-0.15, -0.1) is 5.10 Å². The lowest BCUT2D eigenvalue weighted by molar-refractivity contribution is 0.165. The maximum atomic E-state index is 5.48. The van der Waals surface area contributed by atoms with E-state index in [4.69, 9.17) is 25.7 Å². The van der Waals surface area contributed by atoms with E-state index in [2.05, 4.69) is 10.2 Å². The summed E-state index contributed by atoms with van der Waals surface area (Å²) in [6.07, 6.45) is 1.50. The Labute approximate surface area is 104 Å². The Bertz CT molecular complexity index is 478. The molecule has 96 valence electrons. The Hall–Kier alpha value is -2.44. The van der Waals surface area contributed by atoms with E-state index in [1.54, 1.807) is 19.2 Å². The number of nitrogens with two attached hydrogens (primary N) is 2. The van der Waals surface area contributed by atoms with Crippen LogP contribution in [0.3, 0.4) is 0 Å². The van der Waals surface area contributed by atoms with E-state index in [9.17, 15) is 0 Å². The molecule has 1 heterocycles. The molecule has 18 heavy (non-hydrogen) atoms. The van der Waals surface area contributed by atoms with Crippen molar-refractivity contribution < 1.29 is 14.2 Å². The number of hydrogen-bond donors (Lipinski definition) is 2. The summed E-state index contributed by atoms with van der Waals surface area (Å²) in [5.74, 6) is 1.70. The van der Waals surface area contributed by atoms with Gasteiger partial charge in [-0.3, -0.25) is 0 Å². The molecular weight excluding hydrogens is 236 g/mol. The minimum atomic E-state index is -0.101. The second kappa shape index (κ2) is 5.26. The molecule has 0 spiro atoms. The lowest BCUT2D eigenvalue weighted by atomic mass is 10.2. The van der Waals surface area contributed by atoms with Crippen LogP contribution >= 0.6 is 0 Å². The lowest BCUT2D eigenvalue weighted by Crippen LogP contribution is -2.21. The predicted octanol–water partition coefficient (Wildman–Crippen LogP) is 0.0737. The second-order valence-electron chi connectivity index (χ2n) is 3.52. The fourth-order valence-corrected chi connectivity index (χ4v) is 1.53. The molecule has 0 fully saturated rings. The maximum absolute atomic E-state index is 5.48. The summed E-state index contributed by atoms with van der Waals surface area (Å²) in [4.78, 5) is 0. The molecule has 0 bridgehead atoms. The van der Waals surface area contributed by atoms with Gasteiger partial charge in [-0.2, -0.15) is 5.10 Å². The summed E-state index contributed by atoms with van der Waals surface area (Å²) >= 11 is 0. The number of guanidine groups is 1. The first-order chi connectivity index (χ1) is 8.70. The Morgan fingerprint density at radius 3 is 2.83 bits per heavy atom. The van der Waals surface area contributed by atoms with Crippen LogP contribution in [0.4, 0.5) is 0 Å². The summed E-state index contributed by atoms with van der Waals surface area (Å²) in [6.45, 7) is 1.01. The van der Waals surface area contributed by atoms with Crippen LogP contribution in [0.5, 0.6) is 17.2 Å². The molecule has 0 saturated carbocycles. The molecule has 7 heteroatoms. The summed E-state index contributed by atoms with van der Waals surface area (Å²) < 4.78 is 16.2. The molecule has 0 radical (unpaired) electrons. The SMILES string of the molecule is COc1cc(C=NN=C(N)N)cc2c1OCCO2. The van der Waals surface area contributed by atoms with Gasteiger partial charge in [0.15, 0.2) is 11.5 Å². The molecule has 1 aliphatic heterocycles. The first-order valence-electron chi connectivity index (χ1n) is 5.30. The highest BCUT2D eigenvalue weighted by Gasteiger charge is 2.17. The molecule has 0 aromatic heterocycles. The number of nitrogens with zero attached hydrogens (tertiary/aromatic N) is 2. The number of fused-ring (bicyclic) bond motifs is 1. The third-order valence-electron chi connectivity index (χ3n) is 2.23. The zero-order valence-corrected chi connectivity index (χ0v) is 9.92. The molecule has 4 N–H and O–H groups in total. The van der Waals surface area contributed by atoms with Crippen molar-refractivity contribution in [3.63, 3.8) is 0 Å². The van der Waals surface area contributed by atoms with Gasteiger partial charge < -0.3 is 25.7 Å². The largest absolute Gasteiger partial charge is 0.493 e. The quantitative estimate of drug-likeness (QED) is 0.449. The van der Waals surface area contributed by atoms with E-state index in [0.717, 1.165) is 5.56 Å². The molecule has 0 amide bonds. The Balaban J connectivity index is 2.32. The normalized spacial score (nSPS) is 13.4. The number of benzene rings is 1. The van der Waals surface area contributed by atoms with Gasteiger partial charge in [-0.05, 0) is 12.1 Å². The average Bonchev–Trinajstić information content (AvgIpc) is 2.37. The van der Waals surface area contributed by atoms with E-state index in [1.807, 2.05) is 0 Å². The molecule has 7 nitrogen and oxygen atoms in total. The van der Waals surface area contributed by atoms with Crippen LogP contribution in [0, 0.1) is 0 Å². The molecule has 0 saturated heterocycles. The van der Waals surface area contributed by atoms with Crippen LogP contribution in [0.25, 0.3) is 0 Å². The van der Waals surface area contributed by atoms with Gasteiger partial charge in [0.05, 0.1) is 13.3 Å². The van der Waals surface area contributed by atoms with Crippen molar-refractivity contribution in [3.05, 3.63) is 17.7 Å². The van der Waals surface area contributed by atoms with Gasteiger partial charge in [-0.25, -0.2) is 0 Å². The van der Waals surface area contributed by atoms with Crippen LogP contribution < -0.4 is 25.7 Å². The van der Waals surface area contributed by atoms with E-state index in [-0.39, 0.29) is 5.96 Å². The van der Waals surface area contributed by atoms with Gasteiger partial charge in [-0.1, -0.05) is 0 Å². The Kier molecular flexibility index (Phi) is 3.52. The fourth-order valence-electron chi connectivity index (χ4n) is 1.53. The molecule has 0 unspecified atom stereocenters. The smallest absolute Gasteiger partial charge is 0.211 e. The number of ether oxygens (including phenoxy) is 3. The van der Waals surface area contributed by atoms with E-state index in [1.165, 1.54) is 6.21 Å². The van der Waals surface area contributed by atoms with Crippen molar-refractivity contribution in [3.8, 4) is 17.2 Å². The van der Waals surface area contributed by atoms with E-state index < -0.39 is 0 Å². The highest BCUT2D eigenvalue weighted by Crippen LogP contribution is 2.39. The molecule has 1 aromatic carbocycles. The third-order valence-corrected chi connectivity index (χ3v) is 2.23. The van der Waals surface area contributed by atoms with Crippen LogP contribution in [-0.2, 0) is 0 Å². The van der Waals surface area contributed by atoms with Gasteiger partial charge in [0.25, 0.3) is 0 Å². The van der Waals surface area contributed by atoms with Crippen LogP contribution in [-0.4, -0.2) is 32.5 Å². The lowest BCUT2D eigenvalue weighted by Gasteiger charge is -2.20. The molecule has 1 aromatic rings. The van der Waals surface area contributed by atoms with Gasteiger partial charge in [0, 0.05) is 5.56 Å². The van der Waals surface area contributed by atoms with Crippen molar-refractivity contribution in [2.24, 2.45) is 21.7 Å². The van der Waals surface area contributed by atoms with Gasteiger partial charge in [0.2, 0.25) is 11.7 Å². The van der Waals surface area contributed by atoms with Crippen molar-refractivity contribution >= 4 is 12.2 Å². The predicted molar refractivity (Wildman–Crippen MR) is 67.4 cm³/mol. The van der Waals surface area contributed by atoms with E-state index >= 15 is 0 Å². The fraction of sp³-hybridized carbons (Fsp3) is 0.273. The monoisotopic (exact) mass is 250 g/mol. The first kappa shape index (κ1) is 12.0. The Morgan fingerprint density at radius 2 is 2.11 bits per heavy atom.